The quantitative estimate of drug-likeness (QED) is 0.279. The van der Waals surface area contributed by atoms with Gasteiger partial charge in [-0.05, 0) is 84.7 Å². The summed E-state index contributed by atoms with van der Waals surface area (Å²) in [7, 11) is -3.01. The van der Waals surface area contributed by atoms with Crippen LogP contribution in [0.3, 0.4) is 0 Å². The number of thioether (sulfide) groups is 1. The van der Waals surface area contributed by atoms with Gasteiger partial charge in [0, 0.05) is 35.1 Å². The van der Waals surface area contributed by atoms with E-state index in [4.69, 9.17) is 14.6 Å². The molecule has 39 heavy (non-hydrogen) atoms. The number of carbonyl (C=O) groups is 1. The number of pyridine rings is 1. The van der Waals surface area contributed by atoms with Crippen molar-refractivity contribution in [1.82, 2.24) is 4.98 Å². The molecule has 0 spiro atoms. The molecule has 208 valence electrons. The van der Waals surface area contributed by atoms with E-state index in [-0.39, 0.29) is 18.1 Å². The number of ether oxygens (including phenoxy) is 2. The highest BCUT2D eigenvalue weighted by atomic mass is 32.2. The van der Waals surface area contributed by atoms with Gasteiger partial charge in [-0.3, -0.25) is 4.79 Å². The van der Waals surface area contributed by atoms with Crippen LogP contribution in [0.5, 0.6) is 11.6 Å². The van der Waals surface area contributed by atoms with Crippen molar-refractivity contribution in [3.63, 3.8) is 0 Å². The Kier molecular flexibility index (Phi) is 8.91. The van der Waals surface area contributed by atoms with Crippen LogP contribution in [0, 0.1) is 27.7 Å². The number of hydrogen-bond donors (Lipinski definition) is 1. The van der Waals surface area contributed by atoms with E-state index in [1.54, 1.807) is 18.0 Å². The molecule has 1 N–H and O–H groups in total. The lowest BCUT2D eigenvalue weighted by molar-refractivity contribution is -0.137. The Hall–Kier alpha value is -3.04. The first kappa shape index (κ1) is 29.0. The van der Waals surface area contributed by atoms with E-state index in [1.807, 2.05) is 32.0 Å². The first-order chi connectivity index (χ1) is 18.4. The second-order valence-electron chi connectivity index (χ2n) is 10.2. The third-order valence-corrected chi connectivity index (χ3v) is 9.50. The van der Waals surface area contributed by atoms with Gasteiger partial charge in [0.25, 0.3) is 0 Å². The first-order valence-electron chi connectivity index (χ1n) is 12.9. The maximum atomic E-state index is 11.4. The fourth-order valence-electron chi connectivity index (χ4n) is 5.00. The van der Waals surface area contributed by atoms with Crippen molar-refractivity contribution in [1.29, 1.82) is 0 Å². The Balaban J connectivity index is 1.49. The topological polar surface area (TPSA) is 103 Å². The summed E-state index contributed by atoms with van der Waals surface area (Å²) < 4.78 is 35.0. The summed E-state index contributed by atoms with van der Waals surface area (Å²) in [6.45, 7) is 8.99. The Bertz CT molecular complexity index is 1470. The molecule has 9 heteroatoms. The maximum absolute atomic E-state index is 11.4. The van der Waals surface area contributed by atoms with Crippen LogP contribution in [-0.4, -0.2) is 48.8 Å². The minimum Gasteiger partial charge on any atom is -0.493 e. The molecule has 1 atom stereocenters. The lowest BCUT2D eigenvalue weighted by Crippen LogP contribution is -2.10. The molecule has 1 aliphatic rings. The molecule has 0 saturated heterocycles. The summed E-state index contributed by atoms with van der Waals surface area (Å²) in [5, 5.41) is 9.14. The van der Waals surface area contributed by atoms with Crippen molar-refractivity contribution >= 4 is 27.6 Å². The van der Waals surface area contributed by atoms with E-state index in [2.05, 4.69) is 31.0 Å². The minimum absolute atomic E-state index is 0.0107. The van der Waals surface area contributed by atoms with Gasteiger partial charge >= 0.3 is 5.97 Å². The monoisotopic (exact) mass is 569 g/mol. The Morgan fingerprint density at radius 2 is 1.79 bits per heavy atom. The van der Waals surface area contributed by atoms with E-state index < -0.39 is 15.8 Å². The number of rotatable bonds is 11. The third-order valence-electron chi connectivity index (χ3n) is 7.24. The average Bonchev–Trinajstić information content (AvgIpc) is 3.27. The summed E-state index contributed by atoms with van der Waals surface area (Å²) in [6.07, 6.45) is 3.56. The molecule has 2 aromatic carbocycles. The summed E-state index contributed by atoms with van der Waals surface area (Å²) in [4.78, 5) is 16.6. The lowest BCUT2D eigenvalue weighted by Gasteiger charge is -2.21. The smallest absolute Gasteiger partial charge is 0.303 e. The predicted molar refractivity (Wildman–Crippen MR) is 155 cm³/mol. The molecule has 0 aliphatic carbocycles. The van der Waals surface area contributed by atoms with E-state index in [0.717, 1.165) is 60.9 Å². The molecule has 2 heterocycles. The van der Waals surface area contributed by atoms with Gasteiger partial charge in [0.1, 0.15) is 22.2 Å². The van der Waals surface area contributed by atoms with Crippen molar-refractivity contribution in [2.45, 2.75) is 58.0 Å². The molecular formula is C30H35NO6S2. The van der Waals surface area contributed by atoms with Crippen molar-refractivity contribution in [2.24, 2.45) is 0 Å². The number of carboxylic acids is 1. The first-order valence-corrected chi connectivity index (χ1v) is 16.0. The molecule has 7 nitrogen and oxygen atoms in total. The van der Waals surface area contributed by atoms with Crippen LogP contribution in [0.25, 0.3) is 11.1 Å². The molecule has 4 rings (SSSR count). The lowest BCUT2D eigenvalue weighted by atomic mass is 9.88. The van der Waals surface area contributed by atoms with Crippen molar-refractivity contribution in [3.05, 3.63) is 69.9 Å². The standard InChI is InChI=1S/C30H35NO6S2/c1-18-20(3)30(36-10-7-11-39(5,34)35)21(4)19(2)29(18)23-9-6-8-22(12-23)16-37-27-14-26-25(15-31-27)24(17-38-26)13-28(32)33/h6,8-9,12,14-15,24H,7,10-11,13,16-17H2,1-5H3,(H,32,33). The highest BCUT2D eigenvalue weighted by molar-refractivity contribution is 7.99. The molecule has 0 fully saturated rings. The van der Waals surface area contributed by atoms with Gasteiger partial charge in [-0.1, -0.05) is 18.2 Å². The Morgan fingerprint density at radius 1 is 1.08 bits per heavy atom. The average molecular weight is 570 g/mol. The molecule has 1 unspecified atom stereocenters. The zero-order valence-corrected chi connectivity index (χ0v) is 24.7. The second-order valence-corrected chi connectivity index (χ2v) is 13.5. The van der Waals surface area contributed by atoms with E-state index in [9.17, 15) is 13.2 Å². The van der Waals surface area contributed by atoms with Gasteiger partial charge in [-0.25, -0.2) is 13.4 Å². The number of nitrogens with zero attached hydrogens (tertiary/aromatic N) is 1. The Morgan fingerprint density at radius 3 is 2.46 bits per heavy atom. The highest BCUT2D eigenvalue weighted by Crippen LogP contribution is 2.42. The van der Waals surface area contributed by atoms with Gasteiger partial charge in [-0.2, -0.15) is 0 Å². The molecule has 1 aliphatic heterocycles. The summed E-state index contributed by atoms with van der Waals surface area (Å²) in [5.41, 5.74) is 8.61. The third kappa shape index (κ3) is 6.94. The van der Waals surface area contributed by atoms with Crippen LogP contribution in [0.2, 0.25) is 0 Å². The number of aliphatic carboxylic acids is 1. The van der Waals surface area contributed by atoms with Crippen LogP contribution in [0.1, 0.15) is 52.1 Å². The minimum atomic E-state index is -3.01. The van der Waals surface area contributed by atoms with Crippen LogP contribution >= 0.6 is 11.8 Å². The number of benzene rings is 2. The highest BCUT2D eigenvalue weighted by Gasteiger charge is 2.26. The van der Waals surface area contributed by atoms with Crippen molar-refractivity contribution < 1.29 is 27.8 Å². The van der Waals surface area contributed by atoms with Crippen LogP contribution in [0.15, 0.2) is 41.4 Å². The second kappa shape index (κ2) is 12.0. The van der Waals surface area contributed by atoms with Gasteiger partial charge in [-0.15, -0.1) is 11.8 Å². The normalized spacial score (nSPS) is 14.7. The maximum Gasteiger partial charge on any atom is 0.303 e. The molecule has 0 radical (unpaired) electrons. The van der Waals surface area contributed by atoms with Crippen LogP contribution < -0.4 is 9.47 Å². The van der Waals surface area contributed by atoms with E-state index in [0.29, 0.717) is 25.5 Å². The zero-order valence-electron chi connectivity index (χ0n) is 23.0. The van der Waals surface area contributed by atoms with Crippen molar-refractivity contribution in [3.8, 4) is 22.8 Å². The van der Waals surface area contributed by atoms with E-state index in [1.165, 1.54) is 6.26 Å². The summed E-state index contributed by atoms with van der Waals surface area (Å²) in [5.74, 6) is 1.41. The zero-order chi connectivity index (χ0) is 28.3. The molecule has 3 aromatic rings. The van der Waals surface area contributed by atoms with Crippen molar-refractivity contribution in [2.75, 3.05) is 24.4 Å². The van der Waals surface area contributed by atoms with Gasteiger partial charge in [0.05, 0.1) is 18.8 Å². The van der Waals surface area contributed by atoms with Gasteiger partial charge in [0.2, 0.25) is 5.88 Å². The number of hydrogen-bond acceptors (Lipinski definition) is 7. The fraction of sp³-hybridized carbons (Fsp3) is 0.400. The molecule has 1 aromatic heterocycles. The molecule has 0 amide bonds. The molecule has 0 saturated carbocycles. The largest absolute Gasteiger partial charge is 0.493 e. The number of aromatic nitrogens is 1. The Labute approximate surface area is 234 Å². The number of sulfone groups is 1. The fourth-order valence-corrected chi connectivity index (χ4v) is 6.89. The van der Waals surface area contributed by atoms with Gasteiger partial charge < -0.3 is 14.6 Å². The van der Waals surface area contributed by atoms with Gasteiger partial charge in [0.15, 0.2) is 0 Å². The van der Waals surface area contributed by atoms with Crippen LogP contribution in [0.4, 0.5) is 0 Å². The summed E-state index contributed by atoms with van der Waals surface area (Å²) in [6, 6.07) is 10.2. The predicted octanol–water partition coefficient (Wildman–Crippen LogP) is 6.04. The molecular weight excluding hydrogens is 534 g/mol. The number of fused-ring (bicyclic) bond motifs is 1. The van der Waals surface area contributed by atoms with Crippen LogP contribution in [-0.2, 0) is 21.2 Å². The SMILES string of the molecule is Cc1c(C)c(-c2cccc(COc3cc4c(cn3)C(CC(=O)O)CS4)c2)c(C)c(C)c1OCCCS(C)(=O)=O. The summed E-state index contributed by atoms with van der Waals surface area (Å²) >= 11 is 1.65. The molecule has 0 bridgehead atoms. The van der Waals surface area contributed by atoms with E-state index >= 15 is 0 Å². The number of carboxylic acid groups (broad SMARTS) is 1.